The Hall–Kier alpha value is -5.47. The van der Waals surface area contributed by atoms with E-state index in [9.17, 15) is 0 Å². The van der Waals surface area contributed by atoms with Crippen molar-refractivity contribution in [3.8, 4) is 11.1 Å². The van der Waals surface area contributed by atoms with Gasteiger partial charge in [0.05, 0.1) is 10.9 Å². The minimum absolute atomic E-state index is 0.0872. The third-order valence-corrected chi connectivity index (χ3v) is 12.1. The molecule has 0 unspecified atom stereocenters. The molecule has 1 aromatic heterocycles. The number of aromatic nitrogens is 1. The van der Waals surface area contributed by atoms with Crippen molar-refractivity contribution in [3.63, 3.8) is 0 Å². The molecule has 2 heteroatoms. The smallest absolute Gasteiger partial charge is 0.133 e. The number of hydrogen-bond donors (Lipinski definition) is 0. The number of fused-ring (bicyclic) bond motifs is 1. The summed E-state index contributed by atoms with van der Waals surface area (Å²) in [6.45, 7) is 46.3. The first-order valence-corrected chi connectivity index (χ1v) is 23.7. The minimum atomic E-state index is 0.0872. The SMILES string of the molecule is C=C(C)c1ccccc1.CC=C(/N=C(\C)c1ccccc1)n1c(=C/C)/c(=C\CC(C)(C)C)c2cc(C(C)(C)C)cc(C)c21.Cc1ccc(C(C)(C)C)cc1-c1cc(C(C)(C)C)ccc1C. The zero-order valence-electron chi connectivity index (χ0n) is 43.9. The molecular formula is C63H82N2. The molecule has 6 rings (SSSR count). The van der Waals surface area contributed by atoms with E-state index in [1.165, 1.54) is 71.5 Å². The van der Waals surface area contributed by atoms with Gasteiger partial charge in [0.25, 0.3) is 0 Å². The summed E-state index contributed by atoms with van der Waals surface area (Å²) in [5, 5.41) is 3.84. The predicted molar refractivity (Wildman–Crippen MR) is 292 cm³/mol. The first-order valence-electron chi connectivity index (χ1n) is 23.7. The van der Waals surface area contributed by atoms with E-state index in [4.69, 9.17) is 4.99 Å². The fourth-order valence-electron chi connectivity index (χ4n) is 7.88. The summed E-state index contributed by atoms with van der Waals surface area (Å²) >= 11 is 0. The number of benzene rings is 5. The van der Waals surface area contributed by atoms with E-state index in [1.54, 1.807) is 0 Å². The second kappa shape index (κ2) is 21.2. The van der Waals surface area contributed by atoms with Crippen LogP contribution in [0.25, 0.3) is 45.6 Å². The van der Waals surface area contributed by atoms with Gasteiger partial charge in [0, 0.05) is 16.3 Å². The van der Waals surface area contributed by atoms with Gasteiger partial charge < -0.3 is 0 Å². The van der Waals surface area contributed by atoms with Crippen molar-refractivity contribution in [2.24, 2.45) is 10.4 Å². The van der Waals surface area contributed by atoms with Gasteiger partial charge in [0.1, 0.15) is 5.82 Å². The maximum atomic E-state index is 5.14. The molecule has 0 saturated heterocycles. The zero-order chi connectivity index (χ0) is 48.7. The van der Waals surface area contributed by atoms with Gasteiger partial charge in [0.15, 0.2) is 0 Å². The highest BCUT2D eigenvalue weighted by Crippen LogP contribution is 2.35. The number of rotatable bonds is 6. The molecule has 0 bridgehead atoms. The maximum absolute atomic E-state index is 5.14. The molecular weight excluding hydrogens is 785 g/mol. The largest absolute Gasteiger partial charge is 0.294 e. The lowest BCUT2D eigenvalue weighted by atomic mass is 9.81. The number of aryl methyl sites for hydroxylation is 3. The average Bonchev–Trinajstić information content (AvgIpc) is 3.55. The molecule has 0 fully saturated rings. The monoisotopic (exact) mass is 867 g/mol. The molecule has 65 heavy (non-hydrogen) atoms. The summed E-state index contributed by atoms with van der Waals surface area (Å²) in [5.41, 5.74) is 17.3. The van der Waals surface area contributed by atoms with Crippen molar-refractivity contribution in [2.45, 2.75) is 154 Å². The molecule has 5 aromatic carbocycles. The highest BCUT2D eigenvalue weighted by Gasteiger charge is 2.21. The lowest BCUT2D eigenvalue weighted by Gasteiger charge is -2.23. The summed E-state index contributed by atoms with van der Waals surface area (Å²) in [5.74, 6) is 0.960. The molecule has 0 aliphatic rings. The van der Waals surface area contributed by atoms with Gasteiger partial charge in [-0.05, 0) is 144 Å². The van der Waals surface area contributed by atoms with Crippen molar-refractivity contribution < 1.29 is 0 Å². The highest BCUT2D eigenvalue weighted by molar-refractivity contribution is 6.01. The molecule has 0 atom stereocenters. The van der Waals surface area contributed by atoms with Gasteiger partial charge in [-0.15, -0.1) is 0 Å². The van der Waals surface area contributed by atoms with Crippen LogP contribution in [0.1, 0.15) is 162 Å². The second-order valence-electron chi connectivity index (χ2n) is 22.2. The number of aliphatic imine (C=N–C) groups is 1. The Labute approximate surface area is 395 Å². The van der Waals surface area contributed by atoms with Crippen LogP contribution in [0.2, 0.25) is 0 Å². The van der Waals surface area contributed by atoms with Crippen LogP contribution in [-0.4, -0.2) is 10.3 Å². The third kappa shape index (κ3) is 13.8. The Morgan fingerprint density at radius 2 is 1.03 bits per heavy atom. The van der Waals surface area contributed by atoms with Crippen molar-refractivity contribution >= 4 is 40.2 Å². The molecule has 0 N–H and O–H groups in total. The minimum Gasteiger partial charge on any atom is -0.294 e. The fraction of sp³-hybridized carbons (Fsp3) is 0.381. The van der Waals surface area contributed by atoms with E-state index in [2.05, 4.69) is 239 Å². The Morgan fingerprint density at radius 3 is 1.42 bits per heavy atom. The molecule has 0 aliphatic carbocycles. The second-order valence-corrected chi connectivity index (χ2v) is 22.2. The Bertz CT molecular complexity index is 2700. The summed E-state index contributed by atoms with van der Waals surface area (Å²) in [6, 6.07) is 39.2. The molecule has 0 amide bonds. The quantitative estimate of drug-likeness (QED) is 0.148. The summed E-state index contributed by atoms with van der Waals surface area (Å²) in [6.07, 6.45) is 7.81. The van der Waals surface area contributed by atoms with Crippen LogP contribution in [0.4, 0.5) is 0 Å². The molecule has 344 valence electrons. The van der Waals surface area contributed by atoms with Crippen LogP contribution < -0.4 is 10.6 Å². The van der Waals surface area contributed by atoms with E-state index in [1.807, 2.05) is 31.2 Å². The van der Waals surface area contributed by atoms with Gasteiger partial charge >= 0.3 is 0 Å². The van der Waals surface area contributed by atoms with Crippen molar-refractivity contribution in [1.29, 1.82) is 0 Å². The van der Waals surface area contributed by atoms with Gasteiger partial charge in [-0.1, -0.05) is 211 Å². The maximum Gasteiger partial charge on any atom is 0.133 e. The average molecular weight is 867 g/mol. The van der Waals surface area contributed by atoms with Crippen molar-refractivity contribution in [2.75, 3.05) is 0 Å². The molecule has 0 aliphatic heterocycles. The summed E-state index contributed by atoms with van der Waals surface area (Å²) in [7, 11) is 0. The standard InChI is InChI=1S/C32H42N2.C22H30.C9H10/c1-11-28-26(18-19-31(5,6)7)27-21-25(32(8,9)10)20-22(3)30(27)34(28)29(12-2)33-23(4)24-16-14-13-15-17-24;1-15-9-11-17(21(3,4)5)13-19(15)20-14-18(22(6,7)8)12-10-16(20)2;1-8(2)9-6-4-3-5-7-9/h11-18,20-21H,19H2,1-10H3;9-14H,1-8H3;3-7H,1H2,2H3/b26-18-,28-11+,29-12?,33-23+;;. The van der Waals surface area contributed by atoms with Gasteiger partial charge in [-0.3, -0.25) is 4.57 Å². The van der Waals surface area contributed by atoms with Crippen LogP contribution in [-0.2, 0) is 16.2 Å². The fourth-order valence-corrected chi connectivity index (χ4v) is 7.88. The van der Waals surface area contributed by atoms with Crippen LogP contribution in [0.5, 0.6) is 0 Å². The molecule has 0 saturated carbocycles. The van der Waals surface area contributed by atoms with Gasteiger partial charge in [-0.25, -0.2) is 4.99 Å². The first-order chi connectivity index (χ1) is 30.2. The Kier molecular flexibility index (Phi) is 17.0. The van der Waals surface area contributed by atoms with Crippen LogP contribution >= 0.6 is 0 Å². The number of allylic oxidation sites excluding steroid dienone is 2. The summed E-state index contributed by atoms with van der Waals surface area (Å²) in [4.78, 5) is 5.14. The van der Waals surface area contributed by atoms with Crippen LogP contribution in [0.3, 0.4) is 0 Å². The van der Waals surface area contributed by atoms with Crippen molar-refractivity contribution in [3.05, 3.63) is 177 Å². The number of hydrogen-bond acceptors (Lipinski definition) is 1. The lowest BCUT2D eigenvalue weighted by Crippen LogP contribution is -2.29. The Balaban J connectivity index is 0.000000253. The van der Waals surface area contributed by atoms with E-state index in [-0.39, 0.29) is 21.7 Å². The molecule has 6 aromatic rings. The van der Waals surface area contributed by atoms with E-state index >= 15 is 0 Å². The van der Waals surface area contributed by atoms with E-state index in [0.29, 0.717) is 0 Å². The molecule has 2 nitrogen and oxygen atoms in total. The Morgan fingerprint density at radius 1 is 0.569 bits per heavy atom. The van der Waals surface area contributed by atoms with Gasteiger partial charge in [0.2, 0.25) is 0 Å². The molecule has 0 spiro atoms. The summed E-state index contributed by atoms with van der Waals surface area (Å²) < 4.78 is 2.36. The third-order valence-electron chi connectivity index (χ3n) is 12.1. The molecule has 0 radical (unpaired) electrons. The zero-order valence-corrected chi connectivity index (χ0v) is 43.9. The van der Waals surface area contributed by atoms with E-state index in [0.717, 1.165) is 29.1 Å². The van der Waals surface area contributed by atoms with Crippen LogP contribution in [0, 0.1) is 26.2 Å². The number of nitrogens with zero attached hydrogens (tertiary/aromatic N) is 2. The first kappa shape index (κ1) is 52.2. The topological polar surface area (TPSA) is 17.3 Å². The predicted octanol–water partition coefficient (Wildman–Crippen LogP) is 16.9. The normalized spacial score (nSPS) is 13.3. The van der Waals surface area contributed by atoms with E-state index < -0.39 is 0 Å². The van der Waals surface area contributed by atoms with Gasteiger partial charge in [-0.2, -0.15) is 0 Å². The molecule has 1 heterocycles. The van der Waals surface area contributed by atoms with Crippen molar-refractivity contribution in [1.82, 2.24) is 4.57 Å². The highest BCUT2D eigenvalue weighted by atomic mass is 15.1. The lowest BCUT2D eigenvalue weighted by molar-refractivity contribution is 0.431. The van der Waals surface area contributed by atoms with Crippen LogP contribution in [0.15, 0.2) is 127 Å².